The largest absolute Gasteiger partial charge is 0.497 e. The van der Waals surface area contributed by atoms with Gasteiger partial charge in [-0.2, -0.15) is 0 Å². The summed E-state index contributed by atoms with van der Waals surface area (Å²) >= 11 is 0. The summed E-state index contributed by atoms with van der Waals surface area (Å²) in [4.78, 5) is 0. The van der Waals surface area contributed by atoms with E-state index >= 15 is 0 Å². The zero-order valence-electron chi connectivity index (χ0n) is 19.0. The number of hydrogen-bond acceptors (Lipinski definition) is 7. The van der Waals surface area contributed by atoms with E-state index < -0.39 is 30.7 Å². The van der Waals surface area contributed by atoms with Gasteiger partial charge in [-0.15, -0.1) is 0 Å². The highest BCUT2D eigenvalue weighted by Gasteiger charge is 2.48. The lowest BCUT2D eigenvalue weighted by molar-refractivity contribution is -0.299. The lowest BCUT2D eigenvalue weighted by Gasteiger charge is -2.43. The molecule has 0 saturated carbocycles. The Morgan fingerprint density at radius 2 is 1.26 bits per heavy atom. The minimum Gasteiger partial charge on any atom is -0.497 e. The van der Waals surface area contributed by atoms with Gasteiger partial charge in [-0.05, 0) is 35.4 Å². The second-order valence-corrected chi connectivity index (χ2v) is 8.03. The molecule has 0 bridgehead atoms. The predicted octanol–water partition coefficient (Wildman–Crippen LogP) is 3.32. The molecule has 3 aromatic carbocycles. The number of methoxy groups -OCH3 is 1. The molecule has 7 heteroatoms. The molecule has 0 unspecified atom stereocenters. The molecule has 7 nitrogen and oxygen atoms in total. The normalized spacial score (nSPS) is 24.5. The fraction of sp³-hybridized carbons (Fsp3) is 0.333. The van der Waals surface area contributed by atoms with E-state index in [2.05, 4.69) is 0 Å². The summed E-state index contributed by atoms with van der Waals surface area (Å²) in [5.41, 5.74) is 1.92. The Labute approximate surface area is 199 Å². The zero-order chi connectivity index (χ0) is 23.8. The summed E-state index contributed by atoms with van der Waals surface area (Å²) in [6, 6.07) is 26.5. The highest BCUT2D eigenvalue weighted by molar-refractivity contribution is 5.31. The maximum atomic E-state index is 11.0. The van der Waals surface area contributed by atoms with Crippen molar-refractivity contribution in [2.45, 2.75) is 43.9 Å². The van der Waals surface area contributed by atoms with Crippen LogP contribution >= 0.6 is 0 Å². The second kappa shape index (κ2) is 12.0. The van der Waals surface area contributed by atoms with Gasteiger partial charge in [-0.25, -0.2) is 0 Å². The molecule has 1 heterocycles. The van der Waals surface area contributed by atoms with E-state index in [1.165, 1.54) is 0 Å². The van der Waals surface area contributed by atoms with Crippen molar-refractivity contribution in [2.75, 3.05) is 13.7 Å². The summed E-state index contributed by atoms with van der Waals surface area (Å²) in [6.45, 7) is 0.153. The number of rotatable bonds is 10. The number of ether oxygens (including phenoxy) is 5. The minimum atomic E-state index is -1.11. The third-order valence-corrected chi connectivity index (χ3v) is 5.68. The third-order valence-electron chi connectivity index (χ3n) is 5.68. The summed E-state index contributed by atoms with van der Waals surface area (Å²) in [5, 5.41) is 20.8. The van der Waals surface area contributed by atoms with Crippen molar-refractivity contribution in [1.82, 2.24) is 0 Å². The van der Waals surface area contributed by atoms with Crippen molar-refractivity contribution in [3.05, 3.63) is 96.1 Å². The van der Waals surface area contributed by atoms with Crippen LogP contribution in [0.25, 0.3) is 0 Å². The maximum absolute atomic E-state index is 11.0. The Hall–Kier alpha value is -2.94. The third kappa shape index (κ3) is 6.14. The van der Waals surface area contributed by atoms with Crippen LogP contribution in [0, 0.1) is 0 Å². The van der Waals surface area contributed by atoms with Crippen molar-refractivity contribution in [3.63, 3.8) is 0 Å². The van der Waals surface area contributed by atoms with Crippen LogP contribution in [0.5, 0.6) is 11.5 Å². The van der Waals surface area contributed by atoms with Crippen LogP contribution < -0.4 is 9.47 Å². The summed E-state index contributed by atoms with van der Waals surface area (Å²) in [5.74, 6) is 1.23. The van der Waals surface area contributed by atoms with Gasteiger partial charge in [-0.1, -0.05) is 60.7 Å². The van der Waals surface area contributed by atoms with Crippen molar-refractivity contribution in [1.29, 1.82) is 0 Å². The number of aliphatic hydroxyl groups excluding tert-OH is 2. The zero-order valence-corrected chi connectivity index (χ0v) is 19.0. The first-order valence-corrected chi connectivity index (χ1v) is 11.2. The average molecular weight is 467 g/mol. The van der Waals surface area contributed by atoms with Crippen LogP contribution in [0.2, 0.25) is 0 Å². The summed E-state index contributed by atoms with van der Waals surface area (Å²) < 4.78 is 29.6. The molecule has 2 N–H and O–H groups in total. The monoisotopic (exact) mass is 466 g/mol. The SMILES string of the molecule is COc1ccc(O[C@@H]2O[C@H](CO)[C@@H](O)[C@H](OCc3ccccc3)[C@H]2OCc2ccccc2)cc1. The Kier molecular flexibility index (Phi) is 8.51. The number of aliphatic hydroxyl groups is 2. The molecule has 180 valence electrons. The molecular weight excluding hydrogens is 436 g/mol. The van der Waals surface area contributed by atoms with Crippen LogP contribution in [0.1, 0.15) is 11.1 Å². The molecule has 5 atom stereocenters. The molecule has 1 fully saturated rings. The number of benzene rings is 3. The molecule has 1 aliphatic rings. The summed E-state index contributed by atoms with van der Waals surface area (Å²) in [7, 11) is 1.59. The fourth-order valence-electron chi connectivity index (χ4n) is 3.83. The molecular formula is C27H30O7. The first kappa shape index (κ1) is 24.2. The lowest BCUT2D eigenvalue weighted by atomic mass is 9.98. The molecule has 0 spiro atoms. The van der Waals surface area contributed by atoms with Crippen LogP contribution in [0.4, 0.5) is 0 Å². The second-order valence-electron chi connectivity index (χ2n) is 8.03. The molecule has 1 aliphatic heterocycles. The van der Waals surface area contributed by atoms with Crippen LogP contribution in [0.3, 0.4) is 0 Å². The molecule has 34 heavy (non-hydrogen) atoms. The molecule has 3 aromatic rings. The van der Waals surface area contributed by atoms with Crippen molar-refractivity contribution < 1.29 is 33.9 Å². The highest BCUT2D eigenvalue weighted by atomic mass is 16.7. The predicted molar refractivity (Wildman–Crippen MR) is 125 cm³/mol. The van der Waals surface area contributed by atoms with Gasteiger partial charge in [0, 0.05) is 0 Å². The Morgan fingerprint density at radius 1 is 0.735 bits per heavy atom. The molecule has 0 aliphatic carbocycles. The first-order valence-electron chi connectivity index (χ1n) is 11.2. The first-order chi connectivity index (χ1) is 16.7. The van der Waals surface area contributed by atoms with Crippen LogP contribution in [0.15, 0.2) is 84.9 Å². The van der Waals surface area contributed by atoms with Gasteiger partial charge in [-0.3, -0.25) is 0 Å². The fourth-order valence-corrected chi connectivity index (χ4v) is 3.83. The van der Waals surface area contributed by atoms with Crippen LogP contribution in [-0.2, 0) is 27.4 Å². The molecule has 0 radical (unpaired) electrons. The van der Waals surface area contributed by atoms with E-state index in [4.69, 9.17) is 23.7 Å². The van der Waals surface area contributed by atoms with Gasteiger partial charge < -0.3 is 33.9 Å². The minimum absolute atomic E-state index is 0.265. The quantitative estimate of drug-likeness (QED) is 0.474. The van der Waals surface area contributed by atoms with E-state index in [-0.39, 0.29) is 19.8 Å². The Morgan fingerprint density at radius 3 is 1.79 bits per heavy atom. The lowest BCUT2D eigenvalue weighted by Crippen LogP contribution is -2.61. The highest BCUT2D eigenvalue weighted by Crippen LogP contribution is 2.30. The average Bonchev–Trinajstić information content (AvgIpc) is 2.89. The molecule has 4 rings (SSSR count). The molecule has 1 saturated heterocycles. The summed E-state index contributed by atoms with van der Waals surface area (Å²) in [6.07, 6.45) is -4.47. The topological polar surface area (TPSA) is 86.6 Å². The molecule has 0 amide bonds. The van der Waals surface area contributed by atoms with Gasteiger partial charge in [0.25, 0.3) is 0 Å². The Bertz CT molecular complexity index is 981. The molecule has 0 aromatic heterocycles. The van der Waals surface area contributed by atoms with E-state index in [0.717, 1.165) is 11.1 Å². The maximum Gasteiger partial charge on any atom is 0.229 e. The van der Waals surface area contributed by atoms with Gasteiger partial charge in [0.15, 0.2) is 0 Å². The van der Waals surface area contributed by atoms with Crippen molar-refractivity contribution >= 4 is 0 Å². The van der Waals surface area contributed by atoms with E-state index in [0.29, 0.717) is 11.5 Å². The number of hydrogen-bond donors (Lipinski definition) is 2. The smallest absolute Gasteiger partial charge is 0.229 e. The standard InChI is InChI=1S/C27H30O7/c1-30-21-12-14-22(15-13-21)33-27-26(32-18-20-10-6-3-7-11-20)25(24(29)23(16-28)34-27)31-17-19-8-4-2-5-9-19/h2-15,23-29H,16-18H2,1H3/t23-,24-,25+,26-,27-/m1/s1. The van der Waals surface area contributed by atoms with Gasteiger partial charge >= 0.3 is 0 Å². The van der Waals surface area contributed by atoms with Crippen LogP contribution in [-0.4, -0.2) is 54.6 Å². The van der Waals surface area contributed by atoms with E-state index in [1.807, 2.05) is 60.7 Å². The van der Waals surface area contributed by atoms with Crippen molar-refractivity contribution in [2.24, 2.45) is 0 Å². The van der Waals surface area contributed by atoms with E-state index in [1.54, 1.807) is 31.4 Å². The Balaban J connectivity index is 1.56. The van der Waals surface area contributed by atoms with Gasteiger partial charge in [0.2, 0.25) is 6.29 Å². The van der Waals surface area contributed by atoms with Gasteiger partial charge in [0.05, 0.1) is 26.9 Å². The van der Waals surface area contributed by atoms with Gasteiger partial charge in [0.1, 0.15) is 35.9 Å². The van der Waals surface area contributed by atoms with Crippen molar-refractivity contribution in [3.8, 4) is 11.5 Å². The van der Waals surface area contributed by atoms with E-state index in [9.17, 15) is 10.2 Å².